The summed E-state index contributed by atoms with van der Waals surface area (Å²) in [4.78, 5) is 0. The minimum Gasteiger partial charge on any atom is -0.330 e. The maximum Gasteiger partial charge on any atom is 0.0406 e. The highest BCUT2D eigenvalue weighted by Crippen LogP contribution is 2.23. The molecular formula is C15H23ClN2. The molecule has 1 aliphatic rings. The molecule has 1 aromatic rings. The fourth-order valence-corrected chi connectivity index (χ4v) is 2.94. The van der Waals surface area contributed by atoms with Crippen LogP contribution in [0.2, 0.25) is 5.02 Å². The van der Waals surface area contributed by atoms with E-state index in [-0.39, 0.29) is 0 Å². The molecule has 1 aromatic carbocycles. The Labute approximate surface area is 115 Å². The van der Waals surface area contributed by atoms with Gasteiger partial charge in [-0.1, -0.05) is 36.6 Å². The Morgan fingerprint density at radius 2 is 1.89 bits per heavy atom. The van der Waals surface area contributed by atoms with Crippen LogP contribution in [0.15, 0.2) is 24.3 Å². The lowest BCUT2D eigenvalue weighted by atomic mass is 9.84. The first-order valence-electron chi connectivity index (χ1n) is 6.97. The molecule has 2 atom stereocenters. The van der Waals surface area contributed by atoms with Gasteiger partial charge >= 0.3 is 0 Å². The van der Waals surface area contributed by atoms with Gasteiger partial charge in [-0.05, 0) is 56.0 Å². The summed E-state index contributed by atoms with van der Waals surface area (Å²) in [5.74, 6) is 0.670. The van der Waals surface area contributed by atoms with Crippen molar-refractivity contribution in [2.45, 2.75) is 38.1 Å². The second-order valence-corrected chi connectivity index (χ2v) is 5.65. The molecule has 18 heavy (non-hydrogen) atoms. The Kier molecular flexibility index (Phi) is 5.48. The van der Waals surface area contributed by atoms with Gasteiger partial charge in [0, 0.05) is 11.1 Å². The lowest BCUT2D eigenvalue weighted by Crippen LogP contribution is -2.42. The number of halogens is 1. The molecule has 2 rings (SSSR count). The van der Waals surface area contributed by atoms with Gasteiger partial charge in [-0.25, -0.2) is 0 Å². The topological polar surface area (TPSA) is 38.0 Å². The van der Waals surface area contributed by atoms with E-state index in [1.54, 1.807) is 0 Å². The number of hydrogen-bond acceptors (Lipinski definition) is 2. The van der Waals surface area contributed by atoms with Crippen molar-refractivity contribution < 1.29 is 0 Å². The van der Waals surface area contributed by atoms with E-state index in [1.807, 2.05) is 12.1 Å². The molecular weight excluding hydrogens is 244 g/mol. The van der Waals surface area contributed by atoms with Gasteiger partial charge in [0.05, 0.1) is 0 Å². The van der Waals surface area contributed by atoms with Crippen molar-refractivity contribution in [3.8, 4) is 0 Å². The number of hydrogen-bond donors (Lipinski definition) is 2. The largest absolute Gasteiger partial charge is 0.330 e. The molecule has 0 aliphatic heterocycles. The van der Waals surface area contributed by atoms with E-state index in [4.69, 9.17) is 17.3 Å². The highest BCUT2D eigenvalue weighted by molar-refractivity contribution is 6.30. The van der Waals surface area contributed by atoms with Gasteiger partial charge in [0.2, 0.25) is 0 Å². The third kappa shape index (κ3) is 3.98. The maximum atomic E-state index is 5.88. The van der Waals surface area contributed by atoms with Crippen LogP contribution < -0.4 is 11.1 Å². The molecule has 0 amide bonds. The Bertz CT molecular complexity index is 350. The molecule has 2 nitrogen and oxygen atoms in total. The van der Waals surface area contributed by atoms with E-state index in [1.165, 1.54) is 31.2 Å². The van der Waals surface area contributed by atoms with Crippen LogP contribution in [0.4, 0.5) is 0 Å². The van der Waals surface area contributed by atoms with Crippen LogP contribution in [-0.2, 0) is 6.42 Å². The van der Waals surface area contributed by atoms with Crippen molar-refractivity contribution in [3.63, 3.8) is 0 Å². The van der Waals surface area contributed by atoms with Gasteiger partial charge < -0.3 is 11.1 Å². The quantitative estimate of drug-likeness (QED) is 0.860. The van der Waals surface area contributed by atoms with Gasteiger partial charge in [0.15, 0.2) is 0 Å². The first kappa shape index (κ1) is 13.9. The van der Waals surface area contributed by atoms with Gasteiger partial charge in [0.25, 0.3) is 0 Å². The molecule has 2 unspecified atom stereocenters. The van der Waals surface area contributed by atoms with Crippen molar-refractivity contribution in [3.05, 3.63) is 34.9 Å². The summed E-state index contributed by atoms with van der Waals surface area (Å²) >= 11 is 5.88. The van der Waals surface area contributed by atoms with Crippen LogP contribution in [0.3, 0.4) is 0 Å². The maximum absolute atomic E-state index is 5.88. The predicted molar refractivity (Wildman–Crippen MR) is 78.0 cm³/mol. The lowest BCUT2D eigenvalue weighted by molar-refractivity contribution is 0.269. The molecule has 0 bridgehead atoms. The molecule has 3 heteroatoms. The number of nitrogens with two attached hydrogens (primary N) is 1. The van der Waals surface area contributed by atoms with Gasteiger partial charge in [0.1, 0.15) is 0 Å². The summed E-state index contributed by atoms with van der Waals surface area (Å²) in [5, 5.41) is 4.48. The van der Waals surface area contributed by atoms with Crippen LogP contribution in [-0.4, -0.2) is 19.1 Å². The molecule has 0 spiro atoms. The summed E-state index contributed by atoms with van der Waals surface area (Å²) in [6.45, 7) is 1.85. The monoisotopic (exact) mass is 266 g/mol. The van der Waals surface area contributed by atoms with Crippen molar-refractivity contribution in [2.24, 2.45) is 11.7 Å². The van der Waals surface area contributed by atoms with E-state index < -0.39 is 0 Å². The van der Waals surface area contributed by atoms with Crippen molar-refractivity contribution in [1.82, 2.24) is 5.32 Å². The molecule has 1 saturated carbocycles. The number of rotatable bonds is 5. The lowest BCUT2D eigenvalue weighted by Gasteiger charge is -2.31. The molecule has 3 N–H and O–H groups in total. The Morgan fingerprint density at radius 3 is 2.61 bits per heavy atom. The first-order valence-corrected chi connectivity index (χ1v) is 7.35. The molecule has 0 aromatic heterocycles. The fraction of sp³-hybridized carbons (Fsp3) is 0.600. The summed E-state index contributed by atoms with van der Waals surface area (Å²) in [6, 6.07) is 8.74. The van der Waals surface area contributed by atoms with Gasteiger partial charge in [-0.3, -0.25) is 0 Å². The zero-order valence-corrected chi connectivity index (χ0v) is 11.6. The third-order valence-corrected chi connectivity index (χ3v) is 4.20. The van der Waals surface area contributed by atoms with Gasteiger partial charge in [-0.2, -0.15) is 0 Å². The molecule has 0 heterocycles. The molecule has 1 fully saturated rings. The Morgan fingerprint density at radius 1 is 1.17 bits per heavy atom. The Balaban J connectivity index is 1.75. The summed E-state index contributed by atoms with van der Waals surface area (Å²) in [5.41, 5.74) is 7.18. The highest BCUT2D eigenvalue weighted by atomic mass is 35.5. The van der Waals surface area contributed by atoms with E-state index in [0.717, 1.165) is 24.5 Å². The highest BCUT2D eigenvalue weighted by Gasteiger charge is 2.22. The second kappa shape index (κ2) is 7.13. The zero-order chi connectivity index (χ0) is 12.8. The summed E-state index contributed by atoms with van der Waals surface area (Å²) in [6.07, 6.45) is 6.31. The van der Waals surface area contributed by atoms with Crippen molar-refractivity contribution in [2.75, 3.05) is 13.1 Å². The fourth-order valence-electron chi connectivity index (χ4n) is 2.81. The van der Waals surface area contributed by atoms with Crippen LogP contribution in [0.1, 0.15) is 31.2 Å². The van der Waals surface area contributed by atoms with Crippen LogP contribution in [0.25, 0.3) is 0 Å². The van der Waals surface area contributed by atoms with E-state index in [2.05, 4.69) is 17.4 Å². The molecule has 1 aliphatic carbocycles. The van der Waals surface area contributed by atoms with E-state index in [9.17, 15) is 0 Å². The van der Waals surface area contributed by atoms with Crippen LogP contribution >= 0.6 is 11.6 Å². The Hall–Kier alpha value is -0.570. The molecule has 100 valence electrons. The van der Waals surface area contributed by atoms with E-state index in [0.29, 0.717) is 12.0 Å². The normalized spacial score (nSPS) is 24.1. The second-order valence-electron chi connectivity index (χ2n) is 5.22. The average Bonchev–Trinajstić information content (AvgIpc) is 2.41. The average molecular weight is 267 g/mol. The standard InChI is InChI=1S/C15H23ClN2/c16-14-7-5-12(6-8-14)9-10-18-15-4-2-1-3-13(15)11-17/h5-8,13,15,18H,1-4,9-11,17H2. The minimum atomic E-state index is 0.621. The third-order valence-electron chi connectivity index (χ3n) is 3.95. The number of benzene rings is 1. The zero-order valence-electron chi connectivity index (χ0n) is 10.9. The number of nitrogens with one attached hydrogen (secondary N) is 1. The molecule has 0 saturated heterocycles. The summed E-state index contributed by atoms with van der Waals surface area (Å²) in [7, 11) is 0. The predicted octanol–water partition coefficient (Wildman–Crippen LogP) is 2.99. The SMILES string of the molecule is NCC1CCCCC1NCCc1ccc(Cl)cc1. The first-order chi connectivity index (χ1) is 8.79. The van der Waals surface area contributed by atoms with E-state index >= 15 is 0 Å². The smallest absolute Gasteiger partial charge is 0.0406 e. The van der Waals surface area contributed by atoms with Crippen molar-refractivity contribution >= 4 is 11.6 Å². The van der Waals surface area contributed by atoms with Crippen LogP contribution in [0.5, 0.6) is 0 Å². The summed E-state index contributed by atoms with van der Waals surface area (Å²) < 4.78 is 0. The van der Waals surface area contributed by atoms with Crippen molar-refractivity contribution in [1.29, 1.82) is 0 Å². The molecule has 0 radical (unpaired) electrons. The minimum absolute atomic E-state index is 0.621. The van der Waals surface area contributed by atoms with Gasteiger partial charge in [-0.15, -0.1) is 0 Å². The van der Waals surface area contributed by atoms with Crippen LogP contribution in [0, 0.1) is 5.92 Å².